The van der Waals surface area contributed by atoms with E-state index in [0.29, 0.717) is 12.6 Å². The molecule has 0 bridgehead atoms. The number of carbonyl (C=O) groups is 1. The van der Waals surface area contributed by atoms with Gasteiger partial charge in [0.15, 0.2) is 17.0 Å². The van der Waals surface area contributed by atoms with Gasteiger partial charge in [-0.05, 0) is 19.3 Å². The number of hydrogen-bond acceptors (Lipinski definition) is 7. The van der Waals surface area contributed by atoms with Crippen molar-refractivity contribution in [2.24, 2.45) is 5.92 Å². The number of allylic oxidation sites excluding steroid dienone is 1. The highest BCUT2D eigenvalue weighted by molar-refractivity contribution is 5.85. The van der Waals surface area contributed by atoms with Gasteiger partial charge in [0.2, 0.25) is 5.95 Å². The maximum Gasteiger partial charge on any atom is 0.302 e. The molecule has 25 heavy (non-hydrogen) atoms. The van der Waals surface area contributed by atoms with Crippen molar-refractivity contribution in [2.45, 2.75) is 38.3 Å². The van der Waals surface area contributed by atoms with Crippen LogP contribution in [0.4, 0.5) is 11.8 Å². The average molecular weight is 342 g/mol. The summed E-state index contributed by atoms with van der Waals surface area (Å²) in [6.07, 6.45) is 9.18. The molecular weight excluding hydrogens is 320 g/mol. The number of ether oxygens (including phenoxy) is 1. The number of carbonyl (C=O) groups excluding carboxylic acids is 1. The molecule has 0 aromatic carbocycles. The van der Waals surface area contributed by atoms with E-state index in [0.717, 1.165) is 23.4 Å². The van der Waals surface area contributed by atoms with E-state index in [1.165, 1.54) is 19.8 Å². The highest BCUT2D eigenvalue weighted by atomic mass is 16.5. The number of rotatable bonds is 5. The minimum absolute atomic E-state index is 0.124. The smallest absolute Gasteiger partial charge is 0.302 e. The lowest BCUT2D eigenvalue weighted by molar-refractivity contribution is -0.141. The second-order valence-corrected chi connectivity index (χ2v) is 6.82. The molecule has 0 aliphatic heterocycles. The van der Waals surface area contributed by atoms with Gasteiger partial charge in [-0.1, -0.05) is 12.2 Å². The Morgan fingerprint density at radius 3 is 2.92 bits per heavy atom. The zero-order valence-electron chi connectivity index (χ0n) is 14.4. The molecule has 2 aromatic heterocycles. The van der Waals surface area contributed by atoms with Gasteiger partial charge in [0.1, 0.15) is 0 Å². The normalized spacial score (nSPS) is 22.5. The Bertz CT molecular complexity index is 841. The Morgan fingerprint density at radius 1 is 1.40 bits per heavy atom. The van der Waals surface area contributed by atoms with Gasteiger partial charge in [-0.3, -0.25) is 4.79 Å². The molecule has 8 heteroatoms. The van der Waals surface area contributed by atoms with Gasteiger partial charge in [-0.25, -0.2) is 4.98 Å². The number of esters is 1. The molecule has 0 amide bonds. The van der Waals surface area contributed by atoms with Gasteiger partial charge in [-0.15, -0.1) is 0 Å². The number of hydrogen-bond donors (Lipinski definition) is 1. The van der Waals surface area contributed by atoms with Crippen molar-refractivity contribution in [1.82, 2.24) is 19.5 Å². The van der Waals surface area contributed by atoms with E-state index in [1.807, 2.05) is 11.6 Å². The van der Waals surface area contributed by atoms with Crippen molar-refractivity contribution in [3.8, 4) is 0 Å². The van der Waals surface area contributed by atoms with Gasteiger partial charge >= 0.3 is 5.97 Å². The SMILES string of the molecule is CC(=O)OCC1C=CC(n2cnc3c(N(C)C4CC4)nc(N)nc32)C1. The average Bonchev–Trinajstić information content (AvgIpc) is 3.18. The zero-order chi connectivity index (χ0) is 17.6. The molecule has 4 rings (SSSR count). The second kappa shape index (κ2) is 6.02. The predicted octanol–water partition coefficient (Wildman–Crippen LogP) is 1.69. The minimum Gasteiger partial charge on any atom is -0.465 e. The number of nitrogens with zero attached hydrogens (tertiary/aromatic N) is 5. The van der Waals surface area contributed by atoms with Crippen molar-refractivity contribution in [2.75, 3.05) is 24.3 Å². The van der Waals surface area contributed by atoms with Crippen LogP contribution in [0, 0.1) is 5.92 Å². The maximum absolute atomic E-state index is 11.0. The summed E-state index contributed by atoms with van der Waals surface area (Å²) >= 11 is 0. The lowest BCUT2D eigenvalue weighted by Gasteiger charge is -2.18. The molecule has 0 radical (unpaired) electrons. The van der Waals surface area contributed by atoms with Crippen LogP contribution >= 0.6 is 0 Å². The first-order chi connectivity index (χ1) is 12.0. The van der Waals surface area contributed by atoms with Crippen LogP contribution in [0.5, 0.6) is 0 Å². The Kier molecular flexibility index (Phi) is 3.82. The maximum atomic E-state index is 11.0. The van der Waals surface area contributed by atoms with E-state index < -0.39 is 0 Å². The van der Waals surface area contributed by atoms with Crippen LogP contribution in [0.2, 0.25) is 0 Å². The lowest BCUT2D eigenvalue weighted by Crippen LogP contribution is -2.22. The van der Waals surface area contributed by atoms with Crippen molar-refractivity contribution in [3.05, 3.63) is 18.5 Å². The largest absolute Gasteiger partial charge is 0.465 e. The fourth-order valence-corrected chi connectivity index (χ4v) is 3.35. The fraction of sp³-hybridized carbons (Fsp3) is 0.529. The molecule has 1 saturated carbocycles. The second-order valence-electron chi connectivity index (χ2n) is 6.82. The number of nitrogens with two attached hydrogens (primary N) is 1. The van der Waals surface area contributed by atoms with E-state index in [9.17, 15) is 4.79 Å². The summed E-state index contributed by atoms with van der Waals surface area (Å²) < 4.78 is 7.14. The van der Waals surface area contributed by atoms with E-state index in [2.05, 4.69) is 32.0 Å². The van der Waals surface area contributed by atoms with E-state index in [1.54, 1.807) is 6.33 Å². The van der Waals surface area contributed by atoms with Crippen molar-refractivity contribution < 1.29 is 9.53 Å². The number of nitrogen functional groups attached to an aromatic ring is 1. The van der Waals surface area contributed by atoms with E-state index in [-0.39, 0.29) is 23.9 Å². The first-order valence-corrected chi connectivity index (χ1v) is 8.57. The molecule has 8 nitrogen and oxygen atoms in total. The molecule has 2 aliphatic carbocycles. The lowest BCUT2D eigenvalue weighted by atomic mass is 10.1. The van der Waals surface area contributed by atoms with Gasteiger partial charge in [0, 0.05) is 25.9 Å². The third-order valence-electron chi connectivity index (χ3n) is 4.86. The Balaban J connectivity index is 1.61. The molecular formula is C17H22N6O2. The first kappa shape index (κ1) is 15.9. The molecule has 2 aromatic rings. The summed E-state index contributed by atoms with van der Waals surface area (Å²) in [5.41, 5.74) is 7.48. The highest BCUT2D eigenvalue weighted by Crippen LogP contribution is 2.35. The minimum atomic E-state index is -0.252. The summed E-state index contributed by atoms with van der Waals surface area (Å²) in [7, 11) is 2.03. The molecule has 0 spiro atoms. The van der Waals surface area contributed by atoms with Crippen LogP contribution < -0.4 is 10.6 Å². The number of fused-ring (bicyclic) bond motifs is 1. The van der Waals surface area contributed by atoms with Crippen LogP contribution in [-0.2, 0) is 9.53 Å². The van der Waals surface area contributed by atoms with Crippen LogP contribution in [-0.4, -0.2) is 45.2 Å². The van der Waals surface area contributed by atoms with Crippen LogP contribution in [0.3, 0.4) is 0 Å². The van der Waals surface area contributed by atoms with E-state index >= 15 is 0 Å². The number of imidazole rings is 1. The van der Waals surface area contributed by atoms with Crippen molar-refractivity contribution >= 4 is 28.9 Å². The molecule has 2 heterocycles. The Labute approximate surface area is 145 Å². The molecule has 2 aliphatic rings. The summed E-state index contributed by atoms with van der Waals surface area (Å²) in [5.74, 6) is 1.01. The molecule has 2 atom stereocenters. The van der Waals surface area contributed by atoms with Gasteiger partial charge in [0.05, 0.1) is 19.0 Å². The number of anilines is 2. The van der Waals surface area contributed by atoms with Crippen molar-refractivity contribution in [3.63, 3.8) is 0 Å². The highest BCUT2D eigenvalue weighted by Gasteiger charge is 2.30. The third kappa shape index (κ3) is 3.04. The fourth-order valence-electron chi connectivity index (χ4n) is 3.35. The molecule has 0 saturated heterocycles. The summed E-state index contributed by atoms with van der Waals surface area (Å²) in [4.78, 5) is 26.5. The zero-order valence-corrected chi connectivity index (χ0v) is 14.4. The van der Waals surface area contributed by atoms with E-state index in [4.69, 9.17) is 10.5 Å². The van der Waals surface area contributed by atoms with Crippen LogP contribution in [0.1, 0.15) is 32.2 Å². The summed E-state index contributed by atoms with van der Waals surface area (Å²) in [6, 6.07) is 0.640. The summed E-state index contributed by atoms with van der Waals surface area (Å²) in [5, 5.41) is 0. The van der Waals surface area contributed by atoms with Crippen molar-refractivity contribution in [1.29, 1.82) is 0 Å². The van der Waals surface area contributed by atoms with Gasteiger partial charge in [0.25, 0.3) is 0 Å². The van der Waals surface area contributed by atoms with Gasteiger partial charge in [-0.2, -0.15) is 9.97 Å². The predicted molar refractivity (Wildman–Crippen MR) is 94.1 cm³/mol. The molecule has 2 unspecified atom stereocenters. The number of aromatic nitrogens is 4. The summed E-state index contributed by atoms with van der Waals surface area (Å²) in [6.45, 7) is 1.83. The quantitative estimate of drug-likeness (QED) is 0.652. The Morgan fingerprint density at radius 2 is 2.20 bits per heavy atom. The molecule has 132 valence electrons. The third-order valence-corrected chi connectivity index (χ3v) is 4.86. The first-order valence-electron chi connectivity index (χ1n) is 8.57. The van der Waals surface area contributed by atoms with Crippen LogP contribution in [0.15, 0.2) is 18.5 Å². The standard InChI is InChI=1S/C17H22N6O2/c1-10(24)25-8-11-3-4-13(7-11)23-9-19-14-15(22(2)12-5-6-12)20-17(18)21-16(14)23/h3-4,9,11-13H,5-8H2,1-2H3,(H2,18,20,21). The van der Waals surface area contributed by atoms with Crippen LogP contribution in [0.25, 0.3) is 11.2 Å². The molecule has 1 fully saturated rings. The topological polar surface area (TPSA) is 99.2 Å². The van der Waals surface area contributed by atoms with Gasteiger partial charge < -0.3 is 19.9 Å². The Hall–Kier alpha value is -2.64. The molecule has 2 N–H and O–H groups in total. The monoisotopic (exact) mass is 342 g/mol.